The van der Waals surface area contributed by atoms with Gasteiger partial charge in [-0.15, -0.1) is 0 Å². The van der Waals surface area contributed by atoms with Crippen molar-refractivity contribution in [2.24, 2.45) is 28.6 Å². The Morgan fingerprint density at radius 1 is 0.941 bits per heavy atom. The van der Waals surface area contributed by atoms with Gasteiger partial charge in [-0.3, -0.25) is 19.2 Å². The topological polar surface area (TPSA) is 96.0 Å². The molecule has 0 aliphatic heterocycles. The van der Waals surface area contributed by atoms with Gasteiger partial charge in [0.05, 0.1) is 0 Å². The van der Waals surface area contributed by atoms with E-state index in [1.807, 2.05) is 0 Å². The summed E-state index contributed by atoms with van der Waals surface area (Å²) in [6.45, 7) is 8.09. The van der Waals surface area contributed by atoms with E-state index in [1.165, 1.54) is 26.3 Å². The number of rotatable bonds is 5. The normalized spacial score (nSPS) is 38.3. The number of fused-ring (bicyclic) bond motifs is 5. The molecule has 4 rings (SSSR count). The predicted octanol–water partition coefficient (Wildman–Crippen LogP) is 4.44. The first-order valence-electron chi connectivity index (χ1n) is 12.4. The number of hydrogen-bond donors (Lipinski definition) is 0. The largest absolute Gasteiger partial charge is 0.458 e. The molecule has 0 aromatic heterocycles. The molecular formula is C27H36O7. The SMILES string of the molecule is CC(=O)OCC(=O)[C@@]1(OC(C)=O)CC[C@@H]2[C@@H]3CC=C4C=C(OC(C)=O)CC[C@]4(C)[C@H]3CC[C@@]21C. The van der Waals surface area contributed by atoms with Gasteiger partial charge in [0, 0.05) is 32.6 Å². The van der Waals surface area contributed by atoms with E-state index in [4.69, 9.17) is 14.2 Å². The van der Waals surface area contributed by atoms with Crippen molar-refractivity contribution in [3.8, 4) is 0 Å². The molecule has 7 heteroatoms. The summed E-state index contributed by atoms with van der Waals surface area (Å²) in [7, 11) is 0. The highest BCUT2D eigenvalue weighted by atomic mass is 16.6. The van der Waals surface area contributed by atoms with Crippen LogP contribution in [-0.4, -0.2) is 35.9 Å². The molecule has 2 fully saturated rings. The van der Waals surface area contributed by atoms with Crippen LogP contribution in [0.25, 0.3) is 0 Å². The number of hydrogen-bond acceptors (Lipinski definition) is 7. The Hall–Kier alpha value is -2.44. The van der Waals surface area contributed by atoms with Gasteiger partial charge in [-0.1, -0.05) is 19.9 Å². The molecule has 6 atom stereocenters. The highest BCUT2D eigenvalue weighted by Crippen LogP contribution is 2.67. The first kappa shape index (κ1) is 24.7. The standard InChI is InChI=1S/C27H36O7/c1-16(28)32-15-24(31)27(34-18(3)30)13-10-23-21-7-6-19-14-20(33-17(2)29)8-11-25(19,4)22(21)9-12-26(23,27)5/h6,14,21-23H,7-13,15H2,1-5H3/t21-,22+,23-,25+,26+,27+/m1/s1. The van der Waals surface area contributed by atoms with E-state index in [0.29, 0.717) is 18.3 Å². The molecule has 0 amide bonds. The van der Waals surface area contributed by atoms with E-state index in [9.17, 15) is 19.2 Å². The third kappa shape index (κ3) is 3.81. The van der Waals surface area contributed by atoms with Crippen molar-refractivity contribution in [1.82, 2.24) is 0 Å². The molecule has 4 aliphatic rings. The van der Waals surface area contributed by atoms with E-state index in [1.54, 1.807) is 0 Å². The first-order chi connectivity index (χ1) is 15.9. The van der Waals surface area contributed by atoms with Crippen LogP contribution in [-0.2, 0) is 33.4 Å². The lowest BCUT2D eigenvalue weighted by atomic mass is 9.47. The molecule has 2 saturated carbocycles. The molecule has 0 aromatic carbocycles. The van der Waals surface area contributed by atoms with E-state index < -0.39 is 23.0 Å². The van der Waals surface area contributed by atoms with E-state index in [0.717, 1.165) is 44.3 Å². The van der Waals surface area contributed by atoms with E-state index in [2.05, 4.69) is 26.0 Å². The van der Waals surface area contributed by atoms with Crippen molar-refractivity contribution in [3.63, 3.8) is 0 Å². The molecule has 4 aliphatic carbocycles. The van der Waals surface area contributed by atoms with Crippen molar-refractivity contribution in [2.45, 2.75) is 85.2 Å². The van der Waals surface area contributed by atoms with Crippen LogP contribution in [0.2, 0.25) is 0 Å². The number of Topliss-reactive ketones (excluding diaryl/α,β-unsaturated/α-hetero) is 1. The highest BCUT2D eigenvalue weighted by molar-refractivity contribution is 5.93. The Labute approximate surface area is 201 Å². The summed E-state index contributed by atoms with van der Waals surface area (Å²) in [6, 6.07) is 0. The van der Waals surface area contributed by atoms with Gasteiger partial charge in [-0.05, 0) is 73.3 Å². The van der Waals surface area contributed by atoms with Gasteiger partial charge in [-0.25, -0.2) is 0 Å². The Morgan fingerprint density at radius 3 is 2.29 bits per heavy atom. The summed E-state index contributed by atoms with van der Waals surface area (Å²) < 4.78 is 16.3. The Kier molecular flexibility index (Phi) is 6.28. The van der Waals surface area contributed by atoms with Crippen LogP contribution < -0.4 is 0 Å². The molecule has 7 nitrogen and oxygen atoms in total. The number of ketones is 1. The van der Waals surface area contributed by atoms with Crippen LogP contribution in [0.1, 0.15) is 79.6 Å². The van der Waals surface area contributed by atoms with Crippen LogP contribution in [0, 0.1) is 28.6 Å². The maximum atomic E-state index is 13.4. The molecular weight excluding hydrogens is 436 g/mol. The summed E-state index contributed by atoms with van der Waals surface area (Å²) in [5.74, 6) is 0.170. The number of allylic oxidation sites excluding steroid dienone is 4. The summed E-state index contributed by atoms with van der Waals surface area (Å²) in [5.41, 5.74) is -0.534. The van der Waals surface area contributed by atoms with Crippen molar-refractivity contribution < 1.29 is 33.4 Å². The number of carbonyl (C=O) groups excluding carboxylic acids is 4. The molecule has 0 unspecified atom stereocenters. The van der Waals surface area contributed by atoms with Crippen LogP contribution in [0.5, 0.6) is 0 Å². The van der Waals surface area contributed by atoms with Gasteiger partial charge in [0.1, 0.15) is 5.76 Å². The van der Waals surface area contributed by atoms with Crippen LogP contribution >= 0.6 is 0 Å². The molecule has 0 heterocycles. The first-order valence-corrected chi connectivity index (χ1v) is 12.4. The molecule has 0 radical (unpaired) electrons. The molecule has 0 aromatic rings. The van der Waals surface area contributed by atoms with Gasteiger partial charge >= 0.3 is 17.9 Å². The molecule has 0 saturated heterocycles. The third-order valence-corrected chi connectivity index (χ3v) is 9.30. The lowest BCUT2D eigenvalue weighted by molar-refractivity contribution is -0.190. The fraction of sp³-hybridized carbons (Fsp3) is 0.704. The Bertz CT molecular complexity index is 977. The number of ether oxygens (including phenoxy) is 3. The van der Waals surface area contributed by atoms with E-state index >= 15 is 0 Å². The average molecular weight is 473 g/mol. The maximum Gasteiger partial charge on any atom is 0.307 e. The molecule has 0 bridgehead atoms. The van der Waals surface area contributed by atoms with Crippen molar-refractivity contribution in [1.29, 1.82) is 0 Å². The Morgan fingerprint density at radius 2 is 1.65 bits per heavy atom. The number of carbonyl (C=O) groups is 4. The zero-order valence-electron chi connectivity index (χ0n) is 20.9. The van der Waals surface area contributed by atoms with Crippen molar-refractivity contribution >= 4 is 23.7 Å². The number of esters is 3. The lowest BCUT2D eigenvalue weighted by Gasteiger charge is -2.58. The summed E-state index contributed by atoms with van der Waals surface area (Å²) >= 11 is 0. The summed E-state index contributed by atoms with van der Waals surface area (Å²) in [4.78, 5) is 48.4. The van der Waals surface area contributed by atoms with E-state index in [-0.39, 0.29) is 29.7 Å². The summed E-state index contributed by atoms with van der Waals surface area (Å²) in [5, 5.41) is 0. The quantitative estimate of drug-likeness (QED) is 0.431. The fourth-order valence-electron chi connectivity index (χ4n) is 7.77. The van der Waals surface area contributed by atoms with Crippen molar-refractivity contribution in [3.05, 3.63) is 23.5 Å². The van der Waals surface area contributed by atoms with Gasteiger partial charge in [0.15, 0.2) is 12.2 Å². The van der Waals surface area contributed by atoms with Crippen LogP contribution in [0.15, 0.2) is 23.5 Å². The second kappa shape index (κ2) is 8.65. The minimum absolute atomic E-state index is 0.0116. The highest BCUT2D eigenvalue weighted by Gasteiger charge is 2.68. The zero-order valence-corrected chi connectivity index (χ0v) is 20.9. The monoisotopic (exact) mass is 472 g/mol. The lowest BCUT2D eigenvalue weighted by Crippen LogP contribution is -2.59. The predicted molar refractivity (Wildman–Crippen MR) is 123 cm³/mol. The average Bonchev–Trinajstić information content (AvgIpc) is 3.04. The summed E-state index contributed by atoms with van der Waals surface area (Å²) in [6.07, 6.45) is 9.81. The third-order valence-electron chi connectivity index (χ3n) is 9.30. The minimum Gasteiger partial charge on any atom is -0.458 e. The second-order valence-electron chi connectivity index (χ2n) is 11.0. The Balaban J connectivity index is 1.65. The fourth-order valence-corrected chi connectivity index (χ4v) is 7.77. The second-order valence-corrected chi connectivity index (χ2v) is 11.0. The minimum atomic E-state index is -1.26. The van der Waals surface area contributed by atoms with Gasteiger partial charge in [0.25, 0.3) is 0 Å². The molecule has 34 heavy (non-hydrogen) atoms. The van der Waals surface area contributed by atoms with Gasteiger partial charge in [-0.2, -0.15) is 0 Å². The van der Waals surface area contributed by atoms with Gasteiger partial charge in [0.2, 0.25) is 5.78 Å². The van der Waals surface area contributed by atoms with Crippen molar-refractivity contribution in [2.75, 3.05) is 6.61 Å². The van der Waals surface area contributed by atoms with Crippen LogP contribution in [0.4, 0.5) is 0 Å². The maximum absolute atomic E-state index is 13.4. The molecule has 0 spiro atoms. The molecule has 0 N–H and O–H groups in total. The van der Waals surface area contributed by atoms with Gasteiger partial charge < -0.3 is 14.2 Å². The molecule has 186 valence electrons. The zero-order chi connectivity index (χ0) is 24.9. The van der Waals surface area contributed by atoms with Crippen LogP contribution in [0.3, 0.4) is 0 Å². The smallest absolute Gasteiger partial charge is 0.307 e.